The highest BCUT2D eigenvalue weighted by molar-refractivity contribution is 7.99. The number of nitrogens with one attached hydrogen (secondary N) is 1. The smallest absolute Gasteiger partial charge is 0.236 e. The molecule has 1 fully saturated rings. The molecule has 2 aromatic rings. The van der Waals surface area contributed by atoms with Crippen molar-refractivity contribution in [1.29, 1.82) is 0 Å². The second-order valence-corrected chi connectivity index (χ2v) is 8.88. The number of carbonyl (C=O) groups excluding carboxylic acids is 1. The predicted molar refractivity (Wildman–Crippen MR) is 107 cm³/mol. The van der Waals surface area contributed by atoms with Crippen LogP contribution in [-0.2, 0) is 10.5 Å². The van der Waals surface area contributed by atoms with Crippen molar-refractivity contribution < 1.29 is 4.79 Å². The summed E-state index contributed by atoms with van der Waals surface area (Å²) in [5, 5.41) is 13.9. The number of amides is 1. The minimum atomic E-state index is -0.0589. The number of hydrogen-bond donors (Lipinski definition) is 1. The molecule has 0 bridgehead atoms. The van der Waals surface area contributed by atoms with Crippen LogP contribution in [0.4, 0.5) is 5.13 Å². The number of nitrogens with zero attached hydrogens (tertiary/aromatic N) is 2. The fourth-order valence-electron chi connectivity index (χ4n) is 2.85. The second-order valence-electron chi connectivity index (χ2n) is 6.07. The molecule has 3 rings (SSSR count). The molecule has 1 amide bonds. The van der Waals surface area contributed by atoms with E-state index in [1.165, 1.54) is 55.2 Å². The molecule has 0 radical (unpaired) electrons. The number of carbonyl (C=O) groups is 1. The molecule has 0 spiro atoms. The molecule has 1 saturated carbocycles. The molecule has 0 saturated heterocycles. The van der Waals surface area contributed by atoms with E-state index in [4.69, 9.17) is 23.2 Å². The first kappa shape index (κ1) is 19.0. The molecule has 134 valence electrons. The third-order valence-corrected chi connectivity index (χ3v) is 6.87. The van der Waals surface area contributed by atoms with Crippen LogP contribution >= 0.6 is 46.3 Å². The number of benzene rings is 1. The SMILES string of the molecule is O=C(CSCc1ccc(Cl)c(Cl)c1)Nc1nnc(C2CCCCC2)s1. The van der Waals surface area contributed by atoms with E-state index in [0.717, 1.165) is 10.6 Å². The quantitative estimate of drug-likeness (QED) is 0.650. The van der Waals surface area contributed by atoms with E-state index in [9.17, 15) is 4.79 Å². The molecule has 0 atom stereocenters. The maximum absolute atomic E-state index is 12.1. The number of aromatic nitrogens is 2. The van der Waals surface area contributed by atoms with Crippen molar-refractivity contribution in [2.45, 2.75) is 43.8 Å². The predicted octanol–water partition coefficient (Wildman–Crippen LogP) is 5.76. The van der Waals surface area contributed by atoms with Gasteiger partial charge < -0.3 is 0 Å². The Labute approximate surface area is 165 Å². The maximum atomic E-state index is 12.1. The van der Waals surface area contributed by atoms with Crippen molar-refractivity contribution in [3.63, 3.8) is 0 Å². The minimum Gasteiger partial charge on any atom is -0.300 e. The van der Waals surface area contributed by atoms with Crippen molar-refractivity contribution in [2.75, 3.05) is 11.1 Å². The van der Waals surface area contributed by atoms with Crippen LogP contribution in [0.25, 0.3) is 0 Å². The Morgan fingerprint density at radius 1 is 1.20 bits per heavy atom. The van der Waals surface area contributed by atoms with Gasteiger partial charge >= 0.3 is 0 Å². The van der Waals surface area contributed by atoms with Gasteiger partial charge in [-0.25, -0.2) is 0 Å². The summed E-state index contributed by atoms with van der Waals surface area (Å²) < 4.78 is 0. The van der Waals surface area contributed by atoms with E-state index in [1.807, 2.05) is 12.1 Å². The average Bonchev–Trinajstić information content (AvgIpc) is 3.07. The van der Waals surface area contributed by atoms with Crippen molar-refractivity contribution in [3.8, 4) is 0 Å². The minimum absolute atomic E-state index is 0.0589. The summed E-state index contributed by atoms with van der Waals surface area (Å²) in [5.74, 6) is 1.52. The Morgan fingerprint density at radius 3 is 2.76 bits per heavy atom. The van der Waals surface area contributed by atoms with Crippen molar-refractivity contribution in [1.82, 2.24) is 10.2 Å². The average molecular weight is 416 g/mol. The van der Waals surface area contributed by atoms with Gasteiger partial charge in [0.2, 0.25) is 11.0 Å². The van der Waals surface area contributed by atoms with Crippen molar-refractivity contribution >= 4 is 57.3 Å². The lowest BCUT2D eigenvalue weighted by Gasteiger charge is -2.18. The summed E-state index contributed by atoms with van der Waals surface area (Å²) in [4.78, 5) is 12.1. The van der Waals surface area contributed by atoms with E-state index in [0.29, 0.717) is 32.6 Å². The molecule has 1 aromatic heterocycles. The Bertz CT molecular complexity index is 732. The van der Waals surface area contributed by atoms with Gasteiger partial charge in [0.15, 0.2) is 0 Å². The van der Waals surface area contributed by atoms with Crippen LogP contribution in [0.1, 0.15) is 48.6 Å². The third-order valence-electron chi connectivity index (χ3n) is 4.13. The monoisotopic (exact) mass is 415 g/mol. The topological polar surface area (TPSA) is 54.9 Å². The van der Waals surface area contributed by atoms with Crippen LogP contribution in [0, 0.1) is 0 Å². The fourth-order valence-corrected chi connectivity index (χ4v) is 4.87. The van der Waals surface area contributed by atoms with Crippen LogP contribution < -0.4 is 5.32 Å². The number of anilines is 1. The Kier molecular flexibility index (Phi) is 6.99. The van der Waals surface area contributed by atoms with Gasteiger partial charge in [0.05, 0.1) is 15.8 Å². The molecular weight excluding hydrogens is 397 g/mol. The molecule has 0 aliphatic heterocycles. The van der Waals surface area contributed by atoms with Gasteiger partial charge in [-0.1, -0.05) is 59.9 Å². The van der Waals surface area contributed by atoms with Gasteiger partial charge in [-0.05, 0) is 30.5 Å². The van der Waals surface area contributed by atoms with Crippen LogP contribution in [0.15, 0.2) is 18.2 Å². The molecule has 4 nitrogen and oxygen atoms in total. The summed E-state index contributed by atoms with van der Waals surface area (Å²) in [6, 6.07) is 5.52. The summed E-state index contributed by atoms with van der Waals surface area (Å²) in [6.07, 6.45) is 6.20. The molecule has 1 aromatic carbocycles. The van der Waals surface area contributed by atoms with E-state index in [-0.39, 0.29) is 5.91 Å². The highest BCUT2D eigenvalue weighted by atomic mass is 35.5. The zero-order chi connectivity index (χ0) is 17.6. The first-order valence-electron chi connectivity index (χ1n) is 8.27. The number of hydrogen-bond acceptors (Lipinski definition) is 5. The molecule has 1 aliphatic carbocycles. The van der Waals surface area contributed by atoms with Crippen LogP contribution in [0.5, 0.6) is 0 Å². The Morgan fingerprint density at radius 2 is 2.00 bits per heavy atom. The van der Waals surface area contributed by atoms with Crippen LogP contribution in [0.2, 0.25) is 10.0 Å². The van der Waals surface area contributed by atoms with E-state index < -0.39 is 0 Å². The zero-order valence-corrected chi connectivity index (χ0v) is 16.8. The van der Waals surface area contributed by atoms with Gasteiger partial charge in [-0.2, -0.15) is 0 Å². The second kappa shape index (κ2) is 9.21. The number of thioether (sulfide) groups is 1. The lowest BCUT2D eigenvalue weighted by atomic mass is 9.90. The zero-order valence-electron chi connectivity index (χ0n) is 13.6. The summed E-state index contributed by atoms with van der Waals surface area (Å²) in [7, 11) is 0. The molecule has 0 unspecified atom stereocenters. The molecule has 8 heteroatoms. The summed E-state index contributed by atoms with van der Waals surface area (Å²) >= 11 is 14.9. The van der Waals surface area contributed by atoms with Crippen LogP contribution in [0.3, 0.4) is 0 Å². The highest BCUT2D eigenvalue weighted by Crippen LogP contribution is 2.35. The largest absolute Gasteiger partial charge is 0.300 e. The standard InChI is InChI=1S/C17H19Cl2N3OS2/c18-13-7-6-11(8-14(13)19)9-24-10-15(23)20-17-22-21-16(25-17)12-4-2-1-3-5-12/h6-8,12H,1-5,9-10H2,(H,20,22,23). The fraction of sp³-hybridized carbons (Fsp3) is 0.471. The van der Waals surface area contributed by atoms with Crippen molar-refractivity contribution in [3.05, 3.63) is 38.8 Å². The summed E-state index contributed by atoms with van der Waals surface area (Å²) in [5.41, 5.74) is 1.04. The van der Waals surface area contributed by atoms with E-state index in [2.05, 4.69) is 15.5 Å². The lowest BCUT2D eigenvalue weighted by Crippen LogP contribution is -2.14. The normalized spacial score (nSPS) is 15.3. The lowest BCUT2D eigenvalue weighted by molar-refractivity contribution is -0.113. The van der Waals surface area contributed by atoms with Gasteiger partial charge in [-0.3, -0.25) is 10.1 Å². The first-order valence-corrected chi connectivity index (χ1v) is 11.0. The van der Waals surface area contributed by atoms with Gasteiger partial charge in [0, 0.05) is 11.7 Å². The Hall–Kier alpha value is -0.820. The third kappa shape index (κ3) is 5.58. The molecule has 1 N–H and O–H groups in total. The Balaban J connectivity index is 1.44. The number of rotatable bonds is 6. The van der Waals surface area contributed by atoms with Gasteiger partial charge in [0.1, 0.15) is 5.01 Å². The number of halogens is 2. The summed E-state index contributed by atoms with van der Waals surface area (Å²) in [6.45, 7) is 0. The molecule has 1 heterocycles. The van der Waals surface area contributed by atoms with Gasteiger partial charge in [-0.15, -0.1) is 22.0 Å². The maximum Gasteiger partial charge on any atom is 0.236 e. The molecule has 1 aliphatic rings. The first-order chi connectivity index (χ1) is 12.1. The van der Waals surface area contributed by atoms with E-state index in [1.54, 1.807) is 6.07 Å². The van der Waals surface area contributed by atoms with Crippen LogP contribution in [-0.4, -0.2) is 21.9 Å². The molecular formula is C17H19Cl2N3OS2. The van der Waals surface area contributed by atoms with E-state index >= 15 is 0 Å². The van der Waals surface area contributed by atoms with Crippen molar-refractivity contribution in [2.24, 2.45) is 0 Å². The highest BCUT2D eigenvalue weighted by Gasteiger charge is 2.20. The molecule has 25 heavy (non-hydrogen) atoms. The van der Waals surface area contributed by atoms with Gasteiger partial charge in [0.25, 0.3) is 0 Å².